The number of ether oxygens (including phenoxy) is 3. The number of rotatable bonds is 8. The molecule has 12 heteroatoms. The van der Waals surface area contributed by atoms with E-state index in [0.29, 0.717) is 24.3 Å². The van der Waals surface area contributed by atoms with Gasteiger partial charge in [0.15, 0.2) is 18.1 Å². The fourth-order valence-corrected chi connectivity index (χ4v) is 2.21. The molecule has 0 spiro atoms. The Morgan fingerprint density at radius 3 is 2.38 bits per heavy atom. The van der Waals surface area contributed by atoms with Gasteiger partial charge in [-0.05, 0) is 18.2 Å². The zero-order chi connectivity index (χ0) is 21.7. The van der Waals surface area contributed by atoms with Gasteiger partial charge < -0.3 is 14.2 Å². The summed E-state index contributed by atoms with van der Waals surface area (Å²) in [6.07, 6.45) is 0. The van der Waals surface area contributed by atoms with Gasteiger partial charge in [0.1, 0.15) is 17.2 Å². The van der Waals surface area contributed by atoms with E-state index in [4.69, 9.17) is 4.74 Å². The first-order valence-corrected chi connectivity index (χ1v) is 7.60. The van der Waals surface area contributed by atoms with Crippen LogP contribution in [0.1, 0.15) is 20.7 Å². The second-order valence-electron chi connectivity index (χ2n) is 5.28. The standard InChI is InChI=1S/C17H11F4NO7/c1-27-14-5-10(12(22(25)26)6-15(14)29-17(20)21)16(24)28-7-13(23)9-4-8(18)2-3-11(9)19/h2-6,17H,7H2,1H3. The minimum atomic E-state index is -3.32. The predicted molar refractivity (Wildman–Crippen MR) is 87.3 cm³/mol. The number of carbonyl (C=O) groups excluding carboxylic acids is 2. The van der Waals surface area contributed by atoms with Crippen molar-refractivity contribution < 1.29 is 46.3 Å². The van der Waals surface area contributed by atoms with Crippen molar-refractivity contribution in [3.8, 4) is 11.5 Å². The van der Waals surface area contributed by atoms with E-state index in [1.807, 2.05) is 0 Å². The van der Waals surface area contributed by atoms with Gasteiger partial charge in [0.2, 0.25) is 5.78 Å². The smallest absolute Gasteiger partial charge is 0.387 e. The normalized spacial score (nSPS) is 10.6. The van der Waals surface area contributed by atoms with Crippen LogP contribution in [0, 0.1) is 21.7 Å². The highest BCUT2D eigenvalue weighted by Gasteiger charge is 2.27. The monoisotopic (exact) mass is 417 g/mol. The van der Waals surface area contributed by atoms with Crippen molar-refractivity contribution in [3.05, 3.63) is 63.2 Å². The number of hydrogen-bond acceptors (Lipinski definition) is 7. The molecule has 2 aromatic carbocycles. The number of nitro benzene ring substituents is 1. The van der Waals surface area contributed by atoms with Crippen LogP contribution in [0.15, 0.2) is 30.3 Å². The van der Waals surface area contributed by atoms with Gasteiger partial charge in [-0.25, -0.2) is 13.6 Å². The summed E-state index contributed by atoms with van der Waals surface area (Å²) in [5, 5.41) is 11.2. The van der Waals surface area contributed by atoms with Crippen molar-refractivity contribution >= 4 is 17.4 Å². The summed E-state index contributed by atoms with van der Waals surface area (Å²) >= 11 is 0. The average molecular weight is 417 g/mol. The predicted octanol–water partition coefficient (Wildman–Crippen LogP) is 3.52. The zero-order valence-electron chi connectivity index (χ0n) is 14.5. The molecule has 0 aromatic heterocycles. The van der Waals surface area contributed by atoms with Crippen LogP contribution in [0.2, 0.25) is 0 Å². The van der Waals surface area contributed by atoms with Crippen molar-refractivity contribution in [2.75, 3.05) is 13.7 Å². The summed E-state index contributed by atoms with van der Waals surface area (Å²) in [5.41, 5.74) is -2.39. The highest BCUT2D eigenvalue weighted by Crippen LogP contribution is 2.36. The van der Waals surface area contributed by atoms with E-state index in [-0.39, 0.29) is 0 Å². The van der Waals surface area contributed by atoms with E-state index in [9.17, 15) is 37.3 Å². The molecule has 154 valence electrons. The fourth-order valence-electron chi connectivity index (χ4n) is 2.21. The number of benzene rings is 2. The fraction of sp³-hybridized carbons (Fsp3) is 0.176. The molecular weight excluding hydrogens is 406 g/mol. The third kappa shape index (κ3) is 5.18. The van der Waals surface area contributed by atoms with E-state index >= 15 is 0 Å². The molecule has 0 unspecified atom stereocenters. The molecule has 0 amide bonds. The Morgan fingerprint density at radius 1 is 1.10 bits per heavy atom. The molecule has 0 saturated heterocycles. The topological polar surface area (TPSA) is 105 Å². The maximum atomic E-state index is 13.6. The molecule has 0 atom stereocenters. The number of methoxy groups -OCH3 is 1. The number of Topliss-reactive ketones (excluding diaryl/α,β-unsaturated/α-hetero) is 1. The van der Waals surface area contributed by atoms with Crippen molar-refractivity contribution in [2.45, 2.75) is 6.61 Å². The van der Waals surface area contributed by atoms with Crippen molar-refractivity contribution in [3.63, 3.8) is 0 Å². The molecule has 0 aliphatic carbocycles. The molecule has 0 heterocycles. The van der Waals surface area contributed by atoms with Gasteiger partial charge in [0, 0.05) is 6.07 Å². The number of ketones is 1. The lowest BCUT2D eigenvalue weighted by atomic mass is 10.1. The Hall–Kier alpha value is -3.70. The van der Waals surface area contributed by atoms with Gasteiger partial charge in [0.05, 0.1) is 23.7 Å². The molecule has 0 saturated carbocycles. The van der Waals surface area contributed by atoms with Crippen LogP contribution in [0.25, 0.3) is 0 Å². The third-order valence-electron chi connectivity index (χ3n) is 3.48. The van der Waals surface area contributed by atoms with E-state index in [0.717, 1.165) is 13.2 Å². The number of hydrogen-bond donors (Lipinski definition) is 0. The van der Waals surface area contributed by atoms with Crippen LogP contribution < -0.4 is 9.47 Å². The molecule has 2 aromatic rings. The molecule has 2 rings (SSSR count). The Labute approximate surface area is 159 Å². The first kappa shape index (κ1) is 21.6. The van der Waals surface area contributed by atoms with E-state index in [1.165, 1.54) is 0 Å². The van der Waals surface area contributed by atoms with Gasteiger partial charge in [-0.2, -0.15) is 8.78 Å². The lowest BCUT2D eigenvalue weighted by Crippen LogP contribution is -2.17. The molecule has 0 bridgehead atoms. The maximum absolute atomic E-state index is 13.6. The third-order valence-corrected chi connectivity index (χ3v) is 3.48. The summed E-state index contributed by atoms with van der Waals surface area (Å²) in [6, 6.07) is 3.30. The average Bonchev–Trinajstić information content (AvgIpc) is 2.66. The molecule has 0 radical (unpaired) electrons. The van der Waals surface area contributed by atoms with E-state index in [1.54, 1.807) is 0 Å². The zero-order valence-corrected chi connectivity index (χ0v) is 14.5. The molecule has 29 heavy (non-hydrogen) atoms. The quantitative estimate of drug-likeness (QED) is 0.213. The van der Waals surface area contributed by atoms with Crippen LogP contribution in [0.5, 0.6) is 11.5 Å². The number of nitro groups is 1. The number of alkyl halides is 2. The molecule has 0 N–H and O–H groups in total. The molecule has 0 aliphatic rings. The van der Waals surface area contributed by atoms with E-state index < -0.39 is 69.8 Å². The van der Waals surface area contributed by atoms with Gasteiger partial charge >= 0.3 is 12.6 Å². The van der Waals surface area contributed by atoms with E-state index in [2.05, 4.69) is 9.47 Å². The van der Waals surface area contributed by atoms with Crippen molar-refractivity contribution in [1.82, 2.24) is 0 Å². The van der Waals surface area contributed by atoms with Gasteiger partial charge in [-0.15, -0.1) is 0 Å². The molecule has 0 aliphatic heterocycles. The summed E-state index contributed by atoms with van der Waals surface area (Å²) in [5.74, 6) is -5.62. The SMILES string of the molecule is COc1cc(C(=O)OCC(=O)c2cc(F)ccc2F)c([N+](=O)[O-])cc1OC(F)F. The second kappa shape index (κ2) is 8.99. The number of nitrogens with zero attached hydrogens (tertiary/aromatic N) is 1. The first-order chi connectivity index (χ1) is 13.6. The number of carbonyl (C=O) groups is 2. The Kier molecular flexibility index (Phi) is 6.70. The number of esters is 1. The lowest BCUT2D eigenvalue weighted by molar-refractivity contribution is -0.385. The Bertz CT molecular complexity index is 965. The van der Waals surface area contributed by atoms with Gasteiger partial charge in [-0.1, -0.05) is 0 Å². The maximum Gasteiger partial charge on any atom is 0.387 e. The van der Waals surface area contributed by atoms with Crippen molar-refractivity contribution in [1.29, 1.82) is 0 Å². The van der Waals surface area contributed by atoms with Crippen molar-refractivity contribution in [2.24, 2.45) is 0 Å². The summed E-state index contributed by atoms with van der Waals surface area (Å²) in [4.78, 5) is 34.2. The van der Waals surface area contributed by atoms with Crippen LogP contribution in [0.4, 0.5) is 23.2 Å². The van der Waals surface area contributed by atoms with Crippen LogP contribution in [-0.2, 0) is 4.74 Å². The molecule has 8 nitrogen and oxygen atoms in total. The number of halogens is 4. The first-order valence-electron chi connectivity index (χ1n) is 7.60. The highest BCUT2D eigenvalue weighted by molar-refractivity contribution is 6.00. The largest absolute Gasteiger partial charge is 0.493 e. The highest BCUT2D eigenvalue weighted by atomic mass is 19.3. The Balaban J connectivity index is 2.28. The molecule has 0 fully saturated rings. The molecular formula is C17H11F4NO7. The minimum Gasteiger partial charge on any atom is -0.493 e. The van der Waals surface area contributed by atoms with Crippen LogP contribution in [-0.4, -0.2) is 37.0 Å². The van der Waals surface area contributed by atoms with Gasteiger partial charge in [0.25, 0.3) is 5.69 Å². The Morgan fingerprint density at radius 2 is 1.79 bits per heavy atom. The lowest BCUT2D eigenvalue weighted by Gasteiger charge is -2.12. The minimum absolute atomic E-state index is 0.439. The summed E-state index contributed by atoms with van der Waals surface area (Å²) in [6.45, 7) is -4.38. The second-order valence-corrected chi connectivity index (χ2v) is 5.28. The van der Waals surface area contributed by atoms with Gasteiger partial charge in [-0.3, -0.25) is 14.9 Å². The van der Waals surface area contributed by atoms with Crippen LogP contribution in [0.3, 0.4) is 0 Å². The summed E-state index contributed by atoms with van der Waals surface area (Å²) < 4.78 is 65.0. The van der Waals surface area contributed by atoms with Crippen LogP contribution >= 0.6 is 0 Å². The summed E-state index contributed by atoms with van der Waals surface area (Å²) in [7, 11) is 1.03.